The van der Waals surface area contributed by atoms with Crippen LogP contribution in [0, 0.1) is 0 Å². The molecule has 0 atom stereocenters. The molecule has 2 aliphatic heterocycles. The van der Waals surface area contributed by atoms with Crippen molar-refractivity contribution >= 4 is 23.3 Å². The molecule has 0 aromatic carbocycles. The van der Waals surface area contributed by atoms with Crippen LogP contribution in [0.2, 0.25) is 0 Å². The van der Waals surface area contributed by atoms with Crippen molar-refractivity contribution in [3.05, 3.63) is 42.0 Å². The zero-order chi connectivity index (χ0) is 27.9. The first-order chi connectivity index (χ1) is 17.7. The summed E-state index contributed by atoms with van der Waals surface area (Å²) in [4.78, 5) is 35.2. The molecular weight excluding hydrogens is 511 g/mol. The smallest absolute Gasteiger partial charge is 0.480 e. The zero-order valence-corrected chi connectivity index (χ0v) is 21.0. The van der Waals surface area contributed by atoms with E-state index in [9.17, 15) is 18.0 Å². The number of carboxylic acid groups (broad SMARTS) is 1. The zero-order valence-electron chi connectivity index (χ0n) is 21.0. The third kappa shape index (κ3) is 5.35. The third-order valence-corrected chi connectivity index (χ3v) is 6.11. The molecule has 204 valence electrons. The number of aliphatic carboxylic acids is 1. The SMILES string of the molecule is COc1ncccc1C(=O)Nc1cn2cc(C34COC(C)(C3)C4)nc2c(OC(C)C)n1.O=C(O)C(F)(F)F. The minimum atomic E-state index is -5.08. The maximum absolute atomic E-state index is 12.8. The van der Waals surface area contributed by atoms with Gasteiger partial charge in [0.05, 0.1) is 37.3 Å². The molecule has 3 aliphatic rings. The predicted octanol–water partition coefficient (Wildman–Crippen LogP) is 3.63. The van der Waals surface area contributed by atoms with Gasteiger partial charge in [0, 0.05) is 17.8 Å². The Morgan fingerprint density at radius 3 is 2.45 bits per heavy atom. The number of aromatic nitrogens is 4. The van der Waals surface area contributed by atoms with Gasteiger partial charge in [-0.05, 0) is 45.7 Å². The van der Waals surface area contributed by atoms with E-state index in [1.54, 1.807) is 24.5 Å². The molecule has 1 amide bonds. The summed E-state index contributed by atoms with van der Waals surface area (Å²) in [6.45, 7) is 6.66. The number of anilines is 1. The molecule has 3 aromatic heterocycles. The number of ether oxygens (including phenoxy) is 3. The Balaban J connectivity index is 0.000000426. The average Bonchev–Trinajstić information content (AvgIpc) is 3.49. The molecule has 1 saturated carbocycles. The molecule has 2 bridgehead atoms. The van der Waals surface area contributed by atoms with Gasteiger partial charge in [-0.25, -0.2) is 14.8 Å². The van der Waals surface area contributed by atoms with E-state index in [1.165, 1.54) is 7.11 Å². The molecule has 14 heteroatoms. The van der Waals surface area contributed by atoms with Gasteiger partial charge in [-0.15, -0.1) is 0 Å². The number of methoxy groups -OCH3 is 1. The molecule has 3 fully saturated rings. The normalized spacial score (nSPS) is 21.9. The number of halogens is 3. The quantitative estimate of drug-likeness (QED) is 0.483. The fourth-order valence-corrected chi connectivity index (χ4v) is 4.65. The van der Waals surface area contributed by atoms with Crippen molar-refractivity contribution < 1.29 is 42.1 Å². The molecule has 0 spiro atoms. The van der Waals surface area contributed by atoms with Crippen LogP contribution in [0.1, 0.15) is 49.7 Å². The van der Waals surface area contributed by atoms with Crippen molar-refractivity contribution in [3.8, 4) is 11.8 Å². The van der Waals surface area contributed by atoms with Crippen LogP contribution < -0.4 is 14.8 Å². The highest BCUT2D eigenvalue weighted by molar-refractivity contribution is 6.05. The summed E-state index contributed by atoms with van der Waals surface area (Å²) in [5, 5.41) is 9.94. The summed E-state index contributed by atoms with van der Waals surface area (Å²) >= 11 is 0. The molecule has 0 radical (unpaired) electrons. The number of imidazole rings is 1. The lowest BCUT2D eigenvalue weighted by Crippen LogP contribution is -2.45. The minimum absolute atomic E-state index is 0.0345. The Hall–Kier alpha value is -3.94. The summed E-state index contributed by atoms with van der Waals surface area (Å²) in [7, 11) is 1.47. The molecule has 11 nitrogen and oxygen atoms in total. The number of pyridine rings is 1. The van der Waals surface area contributed by atoms with Gasteiger partial charge < -0.3 is 24.6 Å². The van der Waals surface area contributed by atoms with Crippen molar-refractivity contribution in [2.24, 2.45) is 0 Å². The highest BCUT2D eigenvalue weighted by atomic mass is 19.4. The highest BCUT2D eigenvalue weighted by Gasteiger charge is 2.61. The standard InChI is InChI=1S/C22H25N5O4.C2HF3O2/c1-13(2)31-20-17-24-15(22-10-21(3,11-22)30-12-22)8-27(17)9-16(26-20)25-18(28)14-6-5-7-23-19(14)29-4;3-2(4,5)1(6)7/h5-9,13H,10-12H2,1-4H3,(H,25,28);(H,6,7). The van der Waals surface area contributed by atoms with Crippen molar-refractivity contribution in [2.45, 2.75) is 56.9 Å². The second kappa shape index (κ2) is 9.74. The second-order valence-corrected chi connectivity index (χ2v) is 9.64. The summed E-state index contributed by atoms with van der Waals surface area (Å²) in [5.41, 5.74) is 1.82. The van der Waals surface area contributed by atoms with Crippen LogP contribution in [0.4, 0.5) is 19.0 Å². The number of carbonyl (C=O) groups is 2. The number of hydrogen-bond donors (Lipinski definition) is 2. The summed E-state index contributed by atoms with van der Waals surface area (Å²) in [6, 6.07) is 3.33. The summed E-state index contributed by atoms with van der Waals surface area (Å²) in [5.74, 6) is -2.16. The van der Waals surface area contributed by atoms with Crippen LogP contribution in [0.5, 0.6) is 11.8 Å². The molecule has 6 rings (SSSR count). The van der Waals surface area contributed by atoms with Crippen LogP contribution in [-0.4, -0.2) is 67.9 Å². The number of nitrogens with zero attached hydrogens (tertiary/aromatic N) is 4. The minimum Gasteiger partial charge on any atom is -0.480 e. The van der Waals surface area contributed by atoms with Gasteiger partial charge in [0.2, 0.25) is 11.5 Å². The number of carbonyl (C=O) groups excluding carboxylic acids is 1. The van der Waals surface area contributed by atoms with E-state index in [2.05, 4.69) is 22.2 Å². The molecule has 0 unspecified atom stereocenters. The van der Waals surface area contributed by atoms with Crippen LogP contribution in [0.15, 0.2) is 30.7 Å². The van der Waals surface area contributed by atoms with Gasteiger partial charge in [0.15, 0.2) is 5.82 Å². The number of rotatable bonds is 6. The van der Waals surface area contributed by atoms with Crippen LogP contribution in [0.3, 0.4) is 0 Å². The van der Waals surface area contributed by atoms with E-state index in [0.29, 0.717) is 29.5 Å². The van der Waals surface area contributed by atoms with Gasteiger partial charge in [-0.1, -0.05) is 0 Å². The van der Waals surface area contributed by atoms with Gasteiger partial charge in [-0.3, -0.25) is 9.20 Å². The van der Waals surface area contributed by atoms with E-state index in [-0.39, 0.29) is 28.9 Å². The van der Waals surface area contributed by atoms with E-state index >= 15 is 0 Å². The van der Waals surface area contributed by atoms with Crippen molar-refractivity contribution in [1.29, 1.82) is 0 Å². The Morgan fingerprint density at radius 1 is 1.21 bits per heavy atom. The molecule has 3 aromatic rings. The second-order valence-electron chi connectivity index (χ2n) is 9.64. The van der Waals surface area contributed by atoms with Crippen LogP contribution in [0.25, 0.3) is 5.65 Å². The number of amides is 1. The number of hydrogen-bond acceptors (Lipinski definition) is 8. The van der Waals surface area contributed by atoms with E-state index in [0.717, 1.165) is 18.5 Å². The number of carboxylic acids is 1. The number of nitrogens with one attached hydrogen (secondary N) is 1. The van der Waals surface area contributed by atoms with E-state index in [1.807, 2.05) is 24.4 Å². The fourth-order valence-electron chi connectivity index (χ4n) is 4.65. The third-order valence-electron chi connectivity index (χ3n) is 6.11. The van der Waals surface area contributed by atoms with Gasteiger partial charge >= 0.3 is 12.1 Å². The van der Waals surface area contributed by atoms with Crippen molar-refractivity contribution in [2.75, 3.05) is 19.0 Å². The molecule has 38 heavy (non-hydrogen) atoms. The average molecular weight is 537 g/mol. The van der Waals surface area contributed by atoms with E-state index in [4.69, 9.17) is 29.1 Å². The Morgan fingerprint density at radius 2 is 1.89 bits per heavy atom. The molecule has 1 aliphatic carbocycles. The lowest BCUT2D eigenvalue weighted by Gasteiger charge is -2.41. The number of alkyl halides is 3. The topological polar surface area (TPSA) is 137 Å². The Kier molecular flexibility index (Phi) is 6.95. The fraction of sp³-hybridized carbons (Fsp3) is 0.458. The van der Waals surface area contributed by atoms with Gasteiger partial charge in [0.25, 0.3) is 11.8 Å². The summed E-state index contributed by atoms with van der Waals surface area (Å²) in [6.07, 6.45) is 2.03. The maximum atomic E-state index is 12.8. The maximum Gasteiger partial charge on any atom is 0.490 e. The lowest BCUT2D eigenvalue weighted by atomic mass is 9.62. The highest BCUT2D eigenvalue weighted by Crippen LogP contribution is 2.58. The largest absolute Gasteiger partial charge is 0.490 e. The monoisotopic (exact) mass is 537 g/mol. The molecule has 2 saturated heterocycles. The van der Waals surface area contributed by atoms with Crippen LogP contribution >= 0.6 is 0 Å². The molecular formula is C24H26F3N5O6. The first-order valence-electron chi connectivity index (χ1n) is 11.6. The van der Waals surface area contributed by atoms with Crippen molar-refractivity contribution in [3.63, 3.8) is 0 Å². The first-order valence-corrected chi connectivity index (χ1v) is 11.6. The Labute approximate surface area is 215 Å². The molecule has 5 heterocycles. The Bertz CT molecular complexity index is 1370. The predicted molar refractivity (Wildman–Crippen MR) is 126 cm³/mol. The molecule has 2 N–H and O–H groups in total. The van der Waals surface area contributed by atoms with Crippen molar-refractivity contribution in [1.82, 2.24) is 19.4 Å². The summed E-state index contributed by atoms with van der Waals surface area (Å²) < 4.78 is 50.7. The van der Waals surface area contributed by atoms with Gasteiger partial charge in [-0.2, -0.15) is 18.2 Å². The lowest BCUT2D eigenvalue weighted by molar-refractivity contribution is -0.192. The van der Waals surface area contributed by atoms with Crippen LogP contribution in [-0.2, 0) is 14.9 Å². The van der Waals surface area contributed by atoms with Gasteiger partial charge in [0.1, 0.15) is 5.56 Å². The van der Waals surface area contributed by atoms with E-state index < -0.39 is 12.1 Å². The number of fused-ring (bicyclic) bond motifs is 2. The first kappa shape index (κ1) is 27.1.